The van der Waals surface area contributed by atoms with Gasteiger partial charge < -0.3 is 0 Å². The van der Waals surface area contributed by atoms with Crippen LogP contribution in [-0.4, -0.2) is 27.2 Å². The number of non-ortho nitro benzene ring substituents is 1. The lowest BCUT2D eigenvalue weighted by atomic mass is 10.1. The first kappa shape index (κ1) is 17.3. The van der Waals surface area contributed by atoms with Crippen molar-refractivity contribution in [2.75, 3.05) is 0 Å². The Balaban J connectivity index is 1.69. The third-order valence-electron chi connectivity index (χ3n) is 3.51. The van der Waals surface area contributed by atoms with Gasteiger partial charge in [0, 0.05) is 33.8 Å². The van der Waals surface area contributed by atoms with Crippen molar-refractivity contribution in [1.29, 1.82) is 0 Å². The summed E-state index contributed by atoms with van der Waals surface area (Å²) < 4.78 is 0. The summed E-state index contributed by atoms with van der Waals surface area (Å²) in [6.45, 7) is 0. The molecule has 0 bridgehead atoms. The molecule has 0 aliphatic heterocycles. The predicted molar refractivity (Wildman–Crippen MR) is 97.2 cm³/mol. The number of nitrogens with zero attached hydrogens (tertiary/aromatic N) is 3. The number of nitro benzene ring substituents is 1. The van der Waals surface area contributed by atoms with E-state index >= 15 is 0 Å². The molecule has 0 aliphatic rings. The van der Waals surface area contributed by atoms with Gasteiger partial charge in [0.15, 0.2) is 0 Å². The van der Waals surface area contributed by atoms with Gasteiger partial charge in [0.25, 0.3) is 11.6 Å². The van der Waals surface area contributed by atoms with Crippen LogP contribution >= 0.6 is 11.6 Å². The van der Waals surface area contributed by atoms with Crippen molar-refractivity contribution in [3.63, 3.8) is 0 Å². The van der Waals surface area contributed by atoms with Crippen LogP contribution in [0, 0.1) is 10.1 Å². The van der Waals surface area contributed by atoms with Crippen molar-refractivity contribution in [3.8, 4) is 11.3 Å². The maximum Gasteiger partial charge on any atom is 0.271 e. The van der Waals surface area contributed by atoms with Crippen molar-refractivity contribution in [2.24, 2.45) is 5.10 Å². The van der Waals surface area contributed by atoms with Crippen LogP contribution in [0.5, 0.6) is 0 Å². The van der Waals surface area contributed by atoms with Crippen molar-refractivity contribution < 1.29 is 9.72 Å². The van der Waals surface area contributed by atoms with E-state index in [0.717, 1.165) is 11.3 Å². The van der Waals surface area contributed by atoms with Crippen LogP contribution in [0.2, 0.25) is 5.02 Å². The van der Waals surface area contributed by atoms with Gasteiger partial charge in [-0.2, -0.15) is 10.2 Å². The second kappa shape index (κ2) is 7.58. The molecule has 2 aromatic carbocycles. The standard InChI is InChI=1S/C17H12ClN5O3/c18-14-5-1-11(2-6-14)16-13(9-19-21-16)10-20-22-17(24)12-3-7-15(8-4-12)23(25)26/h1-10H,(H,19,21)(H,22,24)/b20-10-. The van der Waals surface area contributed by atoms with Gasteiger partial charge in [0.05, 0.1) is 23.0 Å². The molecule has 1 aromatic heterocycles. The lowest BCUT2D eigenvalue weighted by Crippen LogP contribution is -2.17. The number of hydrogen-bond donors (Lipinski definition) is 2. The van der Waals surface area contributed by atoms with E-state index in [-0.39, 0.29) is 11.3 Å². The third kappa shape index (κ3) is 3.93. The zero-order chi connectivity index (χ0) is 18.5. The van der Waals surface area contributed by atoms with Gasteiger partial charge in [-0.05, 0) is 24.3 Å². The average molecular weight is 370 g/mol. The molecular weight excluding hydrogens is 358 g/mol. The molecule has 0 unspecified atom stereocenters. The highest BCUT2D eigenvalue weighted by atomic mass is 35.5. The highest BCUT2D eigenvalue weighted by Gasteiger charge is 2.09. The van der Waals surface area contributed by atoms with E-state index in [1.807, 2.05) is 12.1 Å². The Hall–Kier alpha value is -3.52. The molecule has 0 radical (unpaired) electrons. The smallest absolute Gasteiger partial charge is 0.271 e. The summed E-state index contributed by atoms with van der Waals surface area (Å²) in [6, 6.07) is 12.4. The number of nitro groups is 1. The maximum atomic E-state index is 12.0. The summed E-state index contributed by atoms with van der Waals surface area (Å²) in [5.41, 5.74) is 4.83. The number of rotatable bonds is 5. The van der Waals surface area contributed by atoms with Crippen molar-refractivity contribution in [2.45, 2.75) is 0 Å². The van der Waals surface area contributed by atoms with E-state index in [9.17, 15) is 14.9 Å². The quantitative estimate of drug-likeness (QED) is 0.407. The first-order chi connectivity index (χ1) is 12.5. The Bertz CT molecular complexity index is 965. The van der Waals surface area contributed by atoms with E-state index < -0.39 is 10.8 Å². The SMILES string of the molecule is O=C(N/N=C\c1cn[nH]c1-c1ccc(Cl)cc1)c1ccc([N+](=O)[O-])cc1. The van der Waals surface area contributed by atoms with Crippen LogP contribution in [0.4, 0.5) is 5.69 Å². The molecule has 1 amide bonds. The number of hydrazone groups is 1. The van der Waals surface area contributed by atoms with Crippen LogP contribution in [0.25, 0.3) is 11.3 Å². The van der Waals surface area contributed by atoms with E-state index in [4.69, 9.17) is 11.6 Å². The Labute approximate surface area is 152 Å². The minimum atomic E-state index is -0.531. The minimum absolute atomic E-state index is 0.0870. The van der Waals surface area contributed by atoms with Gasteiger partial charge in [-0.1, -0.05) is 23.7 Å². The molecule has 3 rings (SSSR count). The molecule has 0 saturated heterocycles. The third-order valence-corrected chi connectivity index (χ3v) is 3.76. The maximum absolute atomic E-state index is 12.0. The first-order valence-electron chi connectivity index (χ1n) is 7.42. The fraction of sp³-hybridized carbons (Fsp3) is 0. The molecule has 2 N–H and O–H groups in total. The number of hydrogen-bond acceptors (Lipinski definition) is 5. The fourth-order valence-corrected chi connectivity index (χ4v) is 2.33. The average Bonchev–Trinajstić information content (AvgIpc) is 3.11. The van der Waals surface area contributed by atoms with Crippen LogP contribution in [0.1, 0.15) is 15.9 Å². The molecular formula is C17H12ClN5O3. The fourth-order valence-electron chi connectivity index (χ4n) is 2.20. The Morgan fingerprint density at radius 1 is 1.19 bits per heavy atom. The molecule has 3 aromatic rings. The summed E-state index contributed by atoms with van der Waals surface area (Å²) in [7, 11) is 0. The zero-order valence-electron chi connectivity index (χ0n) is 13.2. The highest BCUT2D eigenvalue weighted by molar-refractivity contribution is 6.30. The van der Waals surface area contributed by atoms with Gasteiger partial charge in [-0.15, -0.1) is 0 Å². The number of nitrogens with one attached hydrogen (secondary N) is 2. The minimum Gasteiger partial charge on any atom is -0.277 e. The predicted octanol–water partition coefficient (Wildman–Crippen LogP) is 3.40. The molecule has 9 heteroatoms. The van der Waals surface area contributed by atoms with Gasteiger partial charge >= 0.3 is 0 Å². The summed E-state index contributed by atoms with van der Waals surface area (Å²) in [5, 5.41) is 22.0. The number of carbonyl (C=O) groups is 1. The molecule has 0 atom stereocenters. The molecule has 0 fully saturated rings. The number of aromatic amines is 1. The van der Waals surface area contributed by atoms with Crippen LogP contribution in [0.3, 0.4) is 0 Å². The Kier molecular flexibility index (Phi) is 5.04. The highest BCUT2D eigenvalue weighted by Crippen LogP contribution is 2.21. The summed E-state index contributed by atoms with van der Waals surface area (Å²) in [5.74, 6) is -0.479. The second-order valence-electron chi connectivity index (χ2n) is 5.21. The zero-order valence-corrected chi connectivity index (χ0v) is 14.0. The molecule has 0 saturated carbocycles. The van der Waals surface area contributed by atoms with Gasteiger partial charge in [-0.3, -0.25) is 20.0 Å². The topological polar surface area (TPSA) is 113 Å². The molecule has 130 valence electrons. The number of aromatic nitrogens is 2. The number of H-pyrrole nitrogens is 1. The molecule has 8 nitrogen and oxygen atoms in total. The van der Waals surface area contributed by atoms with Gasteiger partial charge in [0.1, 0.15) is 0 Å². The normalized spacial score (nSPS) is 10.8. The number of amides is 1. The van der Waals surface area contributed by atoms with Crippen LogP contribution in [0.15, 0.2) is 59.8 Å². The summed E-state index contributed by atoms with van der Waals surface area (Å²) >= 11 is 5.88. The molecule has 26 heavy (non-hydrogen) atoms. The van der Waals surface area contributed by atoms with Crippen molar-refractivity contribution in [1.82, 2.24) is 15.6 Å². The van der Waals surface area contributed by atoms with Crippen molar-refractivity contribution >= 4 is 29.4 Å². The molecule has 0 aliphatic carbocycles. The van der Waals surface area contributed by atoms with E-state index in [2.05, 4.69) is 20.7 Å². The molecule has 0 spiro atoms. The second-order valence-corrected chi connectivity index (χ2v) is 5.65. The van der Waals surface area contributed by atoms with E-state index in [0.29, 0.717) is 10.6 Å². The first-order valence-corrected chi connectivity index (χ1v) is 7.79. The Morgan fingerprint density at radius 3 is 2.54 bits per heavy atom. The number of halogens is 1. The summed E-state index contributed by atoms with van der Waals surface area (Å²) in [6.07, 6.45) is 3.03. The van der Waals surface area contributed by atoms with E-state index in [1.165, 1.54) is 30.5 Å². The van der Waals surface area contributed by atoms with Gasteiger partial charge in [-0.25, -0.2) is 5.43 Å². The van der Waals surface area contributed by atoms with Gasteiger partial charge in [0.2, 0.25) is 0 Å². The van der Waals surface area contributed by atoms with Crippen LogP contribution < -0.4 is 5.43 Å². The lowest BCUT2D eigenvalue weighted by Gasteiger charge is -2.01. The summed E-state index contributed by atoms with van der Waals surface area (Å²) in [4.78, 5) is 22.1. The number of carbonyl (C=O) groups excluding carboxylic acids is 1. The van der Waals surface area contributed by atoms with Crippen LogP contribution in [-0.2, 0) is 0 Å². The lowest BCUT2D eigenvalue weighted by molar-refractivity contribution is -0.384. The van der Waals surface area contributed by atoms with Crippen molar-refractivity contribution in [3.05, 3.63) is 81.0 Å². The Morgan fingerprint density at radius 2 is 1.88 bits per heavy atom. The molecule has 1 heterocycles. The monoisotopic (exact) mass is 369 g/mol. The van der Waals surface area contributed by atoms with E-state index in [1.54, 1.807) is 18.3 Å². The largest absolute Gasteiger partial charge is 0.277 e. The number of benzene rings is 2.